The summed E-state index contributed by atoms with van der Waals surface area (Å²) in [5.41, 5.74) is 14.1. The van der Waals surface area contributed by atoms with Crippen molar-refractivity contribution in [1.82, 2.24) is 47.5 Å². The molecule has 8 amide bonds. The van der Waals surface area contributed by atoms with Crippen molar-refractivity contribution < 1.29 is 53.4 Å². The summed E-state index contributed by atoms with van der Waals surface area (Å²) in [6.45, 7) is 10.6. The molecule has 3 aromatic rings. The summed E-state index contributed by atoms with van der Waals surface area (Å²) in [6.07, 6.45) is 1.22. The Morgan fingerprint density at radius 1 is 0.583 bits per heavy atom. The first-order valence-electron chi connectivity index (χ1n) is 24.3. The Hall–Kier alpha value is -6.91. The quantitative estimate of drug-likeness (QED) is 0.0371. The molecule has 22 nitrogen and oxygen atoms in total. The van der Waals surface area contributed by atoms with E-state index in [1.54, 1.807) is 40.0 Å². The van der Waals surface area contributed by atoms with Crippen LogP contribution in [-0.2, 0) is 56.0 Å². The monoisotopic (exact) mass is 1010 g/mol. The summed E-state index contributed by atoms with van der Waals surface area (Å²) in [7, 11) is 0. The molecule has 0 unspecified atom stereocenters. The lowest BCUT2D eigenvalue weighted by Gasteiger charge is -2.29. The van der Waals surface area contributed by atoms with E-state index in [4.69, 9.17) is 16.6 Å². The van der Waals surface area contributed by atoms with Gasteiger partial charge < -0.3 is 69.2 Å². The van der Waals surface area contributed by atoms with Gasteiger partial charge in [0, 0.05) is 23.5 Å². The van der Waals surface area contributed by atoms with Crippen molar-refractivity contribution in [3.63, 3.8) is 0 Å². The Kier molecular flexibility index (Phi) is 24.3. The van der Waals surface area contributed by atoms with Crippen LogP contribution in [0, 0.1) is 17.8 Å². The maximum atomic E-state index is 14.2. The van der Waals surface area contributed by atoms with Gasteiger partial charge in [-0.2, -0.15) is 0 Å². The average molecular weight is 1010 g/mol. The Morgan fingerprint density at radius 2 is 1.14 bits per heavy atom. The summed E-state index contributed by atoms with van der Waals surface area (Å²) in [4.78, 5) is 123. The number of H-pyrrole nitrogens is 1. The van der Waals surface area contributed by atoms with Gasteiger partial charge in [-0.25, -0.2) is 0 Å². The summed E-state index contributed by atoms with van der Waals surface area (Å²) < 4.78 is 0. The van der Waals surface area contributed by atoms with Crippen molar-refractivity contribution in [3.8, 4) is 0 Å². The molecule has 0 saturated heterocycles. The topological polar surface area (TPSA) is 358 Å². The van der Waals surface area contributed by atoms with Gasteiger partial charge >= 0.3 is 5.97 Å². The fraction of sp³-hybridized carbons (Fsp3) is 0.540. The van der Waals surface area contributed by atoms with Gasteiger partial charge in [0.05, 0.1) is 18.7 Å². The molecule has 8 atom stereocenters. The van der Waals surface area contributed by atoms with Crippen molar-refractivity contribution in [1.29, 1.82) is 0 Å². The number of unbranched alkanes of at least 4 members (excludes halogenated alkanes) is 1. The Bertz CT molecular complexity index is 2300. The normalized spacial score (nSPS) is 14.7. The van der Waals surface area contributed by atoms with Gasteiger partial charge in [0.2, 0.25) is 47.3 Å². The number of fused-ring (bicyclic) bond motifs is 1. The van der Waals surface area contributed by atoms with Gasteiger partial charge in [0.1, 0.15) is 42.8 Å². The second-order valence-electron chi connectivity index (χ2n) is 19.0. The Morgan fingerprint density at radius 3 is 1.75 bits per heavy atom. The minimum absolute atomic E-state index is 0.0298. The molecule has 3 rings (SSSR count). The van der Waals surface area contributed by atoms with E-state index < -0.39 is 127 Å². The standard InChI is InChI=1S/C50H75N11O11/c1-27(2)21-37(45(67)55-26-40(64)65)58-49(71)42(29(5)6)60-46(68)36(19-13-14-20-51)57-50(72)43(30(7)62)61-47(69)38(23-32-24-53-35-18-12-11-17-33(32)35)56-39(63)25-54-48(70)41(28(3)4)59-44(66)34(52)22-31-15-9-8-10-16-31/h8-12,15-18,24,27-30,34,36-38,41-43,53,62H,13-14,19-23,25-26,51-52H2,1-7H3,(H,54,70)(H,55,67)(H,56,63)(H,57,72)(H,58,71)(H,59,66)(H,60,68)(H,61,69)(H,64,65)/t30-,34+,36+,37+,38+,41+,42+,43+/m1/s1. The third-order valence-electron chi connectivity index (χ3n) is 11.7. The highest BCUT2D eigenvalue weighted by molar-refractivity contribution is 5.98. The molecule has 0 aliphatic rings. The average Bonchev–Trinajstić information content (AvgIpc) is 3.73. The molecular formula is C50H75N11O11. The maximum absolute atomic E-state index is 14.2. The molecule has 22 heteroatoms. The lowest BCUT2D eigenvalue weighted by atomic mass is 9.99. The molecule has 396 valence electrons. The first-order valence-corrected chi connectivity index (χ1v) is 24.3. The number of aliphatic hydroxyl groups is 1. The van der Waals surface area contributed by atoms with Gasteiger partial charge in [-0.1, -0.05) is 90.1 Å². The molecule has 72 heavy (non-hydrogen) atoms. The fourth-order valence-corrected chi connectivity index (χ4v) is 7.73. The molecule has 0 aliphatic carbocycles. The molecule has 15 N–H and O–H groups in total. The van der Waals surface area contributed by atoms with E-state index in [1.807, 2.05) is 62.4 Å². The van der Waals surface area contributed by atoms with Crippen molar-refractivity contribution >= 4 is 64.1 Å². The van der Waals surface area contributed by atoms with E-state index >= 15 is 0 Å². The van der Waals surface area contributed by atoms with Gasteiger partial charge in [-0.05, 0) is 80.5 Å². The van der Waals surface area contributed by atoms with Gasteiger partial charge in [-0.3, -0.25) is 43.2 Å². The van der Waals surface area contributed by atoms with Crippen LogP contribution in [0.3, 0.4) is 0 Å². The van der Waals surface area contributed by atoms with Crippen molar-refractivity contribution in [2.24, 2.45) is 29.2 Å². The number of carbonyl (C=O) groups is 9. The van der Waals surface area contributed by atoms with Crippen LogP contribution < -0.4 is 54.0 Å². The van der Waals surface area contributed by atoms with Crippen LogP contribution in [0.25, 0.3) is 10.9 Å². The summed E-state index contributed by atoms with van der Waals surface area (Å²) in [5, 5.41) is 41.2. The third kappa shape index (κ3) is 19.4. The van der Waals surface area contributed by atoms with E-state index in [1.165, 1.54) is 6.92 Å². The molecule has 0 bridgehead atoms. The van der Waals surface area contributed by atoms with E-state index in [9.17, 15) is 48.3 Å². The molecule has 1 heterocycles. The van der Waals surface area contributed by atoms with Gasteiger partial charge in [0.25, 0.3) is 0 Å². The number of carbonyl (C=O) groups excluding carboxylic acids is 8. The number of hydrogen-bond acceptors (Lipinski definition) is 12. The number of benzene rings is 2. The lowest BCUT2D eigenvalue weighted by molar-refractivity contribution is -0.139. The number of rotatable bonds is 30. The van der Waals surface area contributed by atoms with Crippen molar-refractivity contribution in [2.75, 3.05) is 19.6 Å². The predicted octanol–water partition coefficient (Wildman–Crippen LogP) is -0.626. The molecular weight excluding hydrogens is 931 g/mol. The number of carboxylic acid groups (broad SMARTS) is 1. The lowest BCUT2D eigenvalue weighted by Crippen LogP contribution is -2.62. The van der Waals surface area contributed by atoms with Crippen LogP contribution in [0.5, 0.6) is 0 Å². The molecule has 0 radical (unpaired) electrons. The van der Waals surface area contributed by atoms with Crippen LogP contribution in [0.15, 0.2) is 60.8 Å². The summed E-state index contributed by atoms with van der Waals surface area (Å²) in [5.74, 6) is -8.47. The number of carboxylic acids is 1. The SMILES string of the molecule is CC(C)C[C@H](NC(=O)[C@@H](NC(=O)[C@H](CCCCN)NC(=O)[C@@H](NC(=O)[C@H](Cc1c[nH]c2ccccc12)NC(=O)CNC(=O)[C@@H](NC(=O)[C@@H](N)Cc1ccccc1)C(C)C)[C@@H](C)O)C(C)C)C(=O)NCC(=O)O. The second kappa shape index (κ2) is 29.4. The number of nitrogens with one attached hydrogen (secondary N) is 9. The highest BCUT2D eigenvalue weighted by Crippen LogP contribution is 2.20. The van der Waals surface area contributed by atoms with Gasteiger partial charge in [-0.15, -0.1) is 0 Å². The molecule has 0 spiro atoms. The molecule has 0 aliphatic heterocycles. The van der Waals surface area contributed by atoms with Crippen molar-refractivity contribution in [2.45, 2.75) is 135 Å². The number of aliphatic carboxylic acids is 1. The largest absolute Gasteiger partial charge is 0.480 e. The highest BCUT2D eigenvalue weighted by Gasteiger charge is 2.36. The predicted molar refractivity (Wildman–Crippen MR) is 269 cm³/mol. The minimum atomic E-state index is -1.68. The minimum Gasteiger partial charge on any atom is -0.480 e. The van der Waals surface area contributed by atoms with Crippen LogP contribution >= 0.6 is 0 Å². The first-order chi connectivity index (χ1) is 34.0. The number of aliphatic hydroxyl groups excluding tert-OH is 1. The first kappa shape index (κ1) is 59.4. The number of aromatic nitrogens is 1. The number of para-hydroxylation sites is 1. The zero-order valence-electron chi connectivity index (χ0n) is 42.2. The smallest absolute Gasteiger partial charge is 0.322 e. The van der Waals surface area contributed by atoms with Crippen LogP contribution in [0.4, 0.5) is 0 Å². The third-order valence-corrected chi connectivity index (χ3v) is 11.7. The summed E-state index contributed by atoms with van der Waals surface area (Å²) >= 11 is 0. The van der Waals surface area contributed by atoms with E-state index in [0.717, 1.165) is 16.5 Å². The zero-order valence-corrected chi connectivity index (χ0v) is 42.2. The molecule has 0 saturated carbocycles. The van der Waals surface area contributed by atoms with Crippen LogP contribution in [0.2, 0.25) is 0 Å². The maximum Gasteiger partial charge on any atom is 0.322 e. The number of amides is 8. The fourth-order valence-electron chi connectivity index (χ4n) is 7.73. The number of nitrogens with two attached hydrogens (primary N) is 2. The number of aromatic amines is 1. The number of hydrogen-bond donors (Lipinski definition) is 13. The second-order valence-corrected chi connectivity index (χ2v) is 19.0. The molecule has 2 aromatic carbocycles. The molecule has 0 fully saturated rings. The zero-order chi connectivity index (χ0) is 53.7. The van der Waals surface area contributed by atoms with Crippen molar-refractivity contribution in [3.05, 3.63) is 71.9 Å². The van der Waals surface area contributed by atoms with Crippen LogP contribution in [0.1, 0.15) is 85.3 Å². The Labute approximate surface area is 420 Å². The van der Waals surface area contributed by atoms with E-state index in [2.05, 4.69) is 47.5 Å². The summed E-state index contributed by atoms with van der Waals surface area (Å²) in [6, 6.07) is 7.59. The van der Waals surface area contributed by atoms with E-state index in [0.29, 0.717) is 18.4 Å². The van der Waals surface area contributed by atoms with Gasteiger partial charge in [0.15, 0.2) is 0 Å². The highest BCUT2D eigenvalue weighted by atomic mass is 16.4. The van der Waals surface area contributed by atoms with E-state index in [-0.39, 0.29) is 38.1 Å². The Balaban J connectivity index is 1.81. The molecule has 1 aromatic heterocycles. The van der Waals surface area contributed by atoms with Crippen LogP contribution in [-0.4, -0.2) is 136 Å².